The van der Waals surface area contributed by atoms with Crippen molar-refractivity contribution in [2.45, 2.75) is 104 Å². The number of hydrogen-bond donors (Lipinski definition) is 0. The molecule has 0 bridgehead atoms. The van der Waals surface area contributed by atoms with Crippen molar-refractivity contribution in [2.75, 3.05) is 13.2 Å². The molecule has 1 aromatic heterocycles. The maximum Gasteiger partial charge on any atom is 0.338 e. The van der Waals surface area contributed by atoms with Gasteiger partial charge in [0.05, 0.1) is 18.8 Å². The first-order valence-electron chi connectivity index (χ1n) is 15.6. The lowest BCUT2D eigenvalue weighted by Gasteiger charge is -2.06. The summed E-state index contributed by atoms with van der Waals surface area (Å²) in [6.45, 7) is 5.70. The third kappa shape index (κ3) is 13.0. The van der Waals surface area contributed by atoms with Crippen LogP contribution in [0.2, 0.25) is 0 Å². The molecule has 0 aliphatic carbocycles. The lowest BCUT2D eigenvalue weighted by Crippen LogP contribution is -2.06. The Labute approximate surface area is 250 Å². The monoisotopic (exact) mass is 577 g/mol. The number of carbonyl (C=O) groups excluding carboxylic acids is 1. The molecule has 2 aromatic carbocycles. The maximum absolute atomic E-state index is 12.3. The van der Waals surface area contributed by atoms with Crippen LogP contribution in [-0.4, -0.2) is 35.6 Å². The van der Waals surface area contributed by atoms with Crippen molar-refractivity contribution >= 4 is 28.7 Å². The highest BCUT2D eigenvalue weighted by atomic mass is 32.1. The van der Waals surface area contributed by atoms with Crippen LogP contribution in [0.5, 0.6) is 5.75 Å². The zero-order valence-electron chi connectivity index (χ0n) is 25.0. The van der Waals surface area contributed by atoms with E-state index in [2.05, 4.69) is 29.0 Å². The van der Waals surface area contributed by atoms with Gasteiger partial charge in [0, 0.05) is 11.8 Å². The number of carbonyl (C=O) groups is 1. The standard InChI is InChI=1S/C34H47N3O3S/c1-3-5-7-9-11-12-14-15-25-39-31-23-21-29(22-24-31)32-36-37-34(41-32)35-27-28-17-19-30(20-18-28)33(38)40-26-16-13-10-8-6-4-2/h17-24,27H,3-16,25-26H2,1-2H3/b35-27+. The van der Waals surface area contributed by atoms with E-state index in [1.54, 1.807) is 18.3 Å². The zero-order valence-corrected chi connectivity index (χ0v) is 25.8. The Morgan fingerprint density at radius 1 is 0.732 bits per heavy atom. The van der Waals surface area contributed by atoms with Crippen LogP contribution in [0.15, 0.2) is 53.5 Å². The van der Waals surface area contributed by atoms with Crippen LogP contribution in [0, 0.1) is 0 Å². The number of esters is 1. The van der Waals surface area contributed by atoms with Gasteiger partial charge in [-0.2, -0.15) is 0 Å². The molecular weight excluding hydrogens is 530 g/mol. The average Bonchev–Trinajstić information content (AvgIpc) is 3.48. The van der Waals surface area contributed by atoms with Crippen LogP contribution in [0.4, 0.5) is 5.13 Å². The van der Waals surface area contributed by atoms with Gasteiger partial charge in [0.25, 0.3) is 0 Å². The average molecular weight is 578 g/mol. The molecule has 0 saturated carbocycles. The summed E-state index contributed by atoms with van der Waals surface area (Å²) in [5.74, 6) is 0.606. The quantitative estimate of drug-likeness (QED) is 0.0715. The van der Waals surface area contributed by atoms with Crippen LogP contribution in [0.1, 0.15) is 120 Å². The van der Waals surface area contributed by atoms with Crippen molar-refractivity contribution < 1.29 is 14.3 Å². The van der Waals surface area contributed by atoms with E-state index in [0.29, 0.717) is 17.3 Å². The van der Waals surface area contributed by atoms with Crippen molar-refractivity contribution in [3.63, 3.8) is 0 Å². The smallest absolute Gasteiger partial charge is 0.338 e. The Morgan fingerprint density at radius 3 is 1.95 bits per heavy atom. The fourth-order valence-corrected chi connectivity index (χ4v) is 5.17. The Kier molecular flexibility index (Phi) is 15.8. The highest BCUT2D eigenvalue weighted by Crippen LogP contribution is 2.29. The SMILES string of the molecule is CCCCCCCCCCOc1ccc(-c2nnc(/N=C/c3ccc(C(=O)OCCCCCCCC)cc3)s2)cc1. The molecule has 0 saturated heterocycles. The second-order valence-electron chi connectivity index (χ2n) is 10.5. The molecule has 0 spiro atoms. The minimum absolute atomic E-state index is 0.277. The third-order valence-electron chi connectivity index (χ3n) is 6.98. The molecule has 3 aromatic rings. The summed E-state index contributed by atoms with van der Waals surface area (Å²) in [6.07, 6.45) is 19.1. The minimum atomic E-state index is -0.277. The summed E-state index contributed by atoms with van der Waals surface area (Å²) in [4.78, 5) is 16.7. The number of ether oxygens (including phenoxy) is 2. The largest absolute Gasteiger partial charge is 0.494 e. The second kappa shape index (κ2) is 19.9. The van der Waals surface area contributed by atoms with Gasteiger partial charge in [0.15, 0.2) is 0 Å². The number of hydrogen-bond acceptors (Lipinski definition) is 7. The van der Waals surface area contributed by atoms with Crippen molar-refractivity contribution in [2.24, 2.45) is 4.99 Å². The molecular formula is C34H47N3O3S. The van der Waals surface area contributed by atoms with Gasteiger partial charge >= 0.3 is 5.97 Å². The number of nitrogens with zero attached hydrogens (tertiary/aromatic N) is 3. The zero-order chi connectivity index (χ0) is 29.0. The summed E-state index contributed by atoms with van der Waals surface area (Å²) in [5.41, 5.74) is 2.43. The molecule has 0 radical (unpaired) electrons. The van der Waals surface area contributed by atoms with Crippen molar-refractivity contribution in [3.8, 4) is 16.3 Å². The number of unbranched alkanes of at least 4 members (excludes halogenated alkanes) is 12. The van der Waals surface area contributed by atoms with Crippen LogP contribution in [0.25, 0.3) is 10.6 Å². The van der Waals surface area contributed by atoms with Crippen molar-refractivity contribution in [1.29, 1.82) is 0 Å². The van der Waals surface area contributed by atoms with Gasteiger partial charge in [-0.15, -0.1) is 10.2 Å². The van der Waals surface area contributed by atoms with E-state index in [-0.39, 0.29) is 5.97 Å². The van der Waals surface area contributed by atoms with Gasteiger partial charge < -0.3 is 9.47 Å². The van der Waals surface area contributed by atoms with Crippen LogP contribution < -0.4 is 4.74 Å². The first-order chi connectivity index (χ1) is 20.2. The Hall–Kier alpha value is -3.06. The first kappa shape index (κ1) is 32.5. The Morgan fingerprint density at radius 2 is 1.32 bits per heavy atom. The van der Waals surface area contributed by atoms with E-state index < -0.39 is 0 Å². The summed E-state index contributed by atoms with van der Waals surface area (Å²) >= 11 is 1.44. The van der Waals surface area contributed by atoms with E-state index in [1.165, 1.54) is 82.0 Å². The molecule has 0 fully saturated rings. The highest BCUT2D eigenvalue weighted by molar-refractivity contribution is 7.18. The van der Waals surface area contributed by atoms with Gasteiger partial charge in [0.1, 0.15) is 10.8 Å². The topological polar surface area (TPSA) is 73.7 Å². The lowest BCUT2D eigenvalue weighted by atomic mass is 10.1. The minimum Gasteiger partial charge on any atom is -0.494 e. The Bertz CT molecular complexity index is 1140. The van der Waals surface area contributed by atoms with Crippen LogP contribution in [-0.2, 0) is 4.74 Å². The van der Waals surface area contributed by atoms with Crippen molar-refractivity contribution in [1.82, 2.24) is 10.2 Å². The molecule has 0 aliphatic rings. The van der Waals surface area contributed by atoms with Gasteiger partial charge in [-0.25, -0.2) is 9.79 Å². The number of aliphatic imine (C=N–C) groups is 1. The van der Waals surface area contributed by atoms with E-state index in [0.717, 1.165) is 47.8 Å². The molecule has 0 aliphatic heterocycles. The normalized spacial score (nSPS) is 11.3. The second-order valence-corrected chi connectivity index (χ2v) is 11.5. The molecule has 0 N–H and O–H groups in total. The molecule has 41 heavy (non-hydrogen) atoms. The molecule has 7 heteroatoms. The van der Waals surface area contributed by atoms with Crippen LogP contribution in [0.3, 0.4) is 0 Å². The molecule has 6 nitrogen and oxygen atoms in total. The first-order valence-corrected chi connectivity index (χ1v) is 16.4. The van der Waals surface area contributed by atoms with Crippen molar-refractivity contribution in [3.05, 3.63) is 59.7 Å². The molecule has 0 unspecified atom stereocenters. The molecule has 0 amide bonds. The fraction of sp³-hybridized carbons (Fsp3) is 0.529. The lowest BCUT2D eigenvalue weighted by molar-refractivity contribution is 0.0497. The molecule has 222 valence electrons. The predicted octanol–water partition coefficient (Wildman–Crippen LogP) is 9.99. The van der Waals surface area contributed by atoms with Gasteiger partial charge in [-0.1, -0.05) is 114 Å². The van der Waals surface area contributed by atoms with Gasteiger partial charge in [0.2, 0.25) is 5.13 Å². The Balaban J connectivity index is 1.37. The van der Waals surface area contributed by atoms with E-state index in [9.17, 15) is 4.79 Å². The number of benzene rings is 2. The maximum atomic E-state index is 12.3. The van der Waals surface area contributed by atoms with Gasteiger partial charge in [-0.3, -0.25) is 0 Å². The van der Waals surface area contributed by atoms with E-state index in [4.69, 9.17) is 9.47 Å². The van der Waals surface area contributed by atoms with Gasteiger partial charge in [-0.05, 0) is 54.8 Å². The van der Waals surface area contributed by atoms with E-state index >= 15 is 0 Å². The van der Waals surface area contributed by atoms with E-state index in [1.807, 2.05) is 36.4 Å². The number of aromatic nitrogens is 2. The molecule has 0 atom stereocenters. The molecule has 3 rings (SSSR count). The highest BCUT2D eigenvalue weighted by Gasteiger charge is 2.08. The number of rotatable bonds is 21. The fourth-order valence-electron chi connectivity index (χ4n) is 4.47. The van der Waals surface area contributed by atoms with Crippen LogP contribution >= 0.6 is 11.3 Å². The summed E-state index contributed by atoms with van der Waals surface area (Å²) in [6, 6.07) is 15.3. The summed E-state index contributed by atoms with van der Waals surface area (Å²) in [5, 5.41) is 9.90. The predicted molar refractivity (Wildman–Crippen MR) is 171 cm³/mol. The molecule has 1 heterocycles. The third-order valence-corrected chi connectivity index (χ3v) is 7.86. The summed E-state index contributed by atoms with van der Waals surface area (Å²) in [7, 11) is 0. The summed E-state index contributed by atoms with van der Waals surface area (Å²) < 4.78 is 11.3.